The van der Waals surface area contributed by atoms with E-state index in [1.54, 1.807) is 4.90 Å². The average molecular weight is 304 g/mol. The van der Waals surface area contributed by atoms with E-state index >= 15 is 0 Å². The molecule has 2 amide bonds. The van der Waals surface area contributed by atoms with E-state index in [9.17, 15) is 9.59 Å². The van der Waals surface area contributed by atoms with Crippen molar-refractivity contribution in [1.82, 2.24) is 5.32 Å². The Morgan fingerprint density at radius 2 is 2.14 bits per heavy atom. The van der Waals surface area contributed by atoms with Crippen LogP contribution >= 0.6 is 0 Å². The molecule has 0 aromatic heterocycles. The highest BCUT2D eigenvalue weighted by atomic mass is 16.3. The summed E-state index contributed by atoms with van der Waals surface area (Å²) >= 11 is 0. The first-order chi connectivity index (χ1) is 10.4. The summed E-state index contributed by atoms with van der Waals surface area (Å²) in [6.45, 7) is 6.46. The fourth-order valence-electron chi connectivity index (χ4n) is 2.68. The van der Waals surface area contributed by atoms with Crippen LogP contribution < -0.4 is 10.2 Å². The van der Waals surface area contributed by atoms with Crippen molar-refractivity contribution in [2.24, 2.45) is 5.92 Å². The van der Waals surface area contributed by atoms with Crippen molar-refractivity contribution in [3.05, 3.63) is 29.3 Å². The van der Waals surface area contributed by atoms with Gasteiger partial charge < -0.3 is 15.3 Å². The minimum absolute atomic E-state index is 0.0226. The lowest BCUT2D eigenvalue weighted by molar-refractivity contribution is -0.132. The highest BCUT2D eigenvalue weighted by Gasteiger charge is 2.37. The average Bonchev–Trinajstić information content (AvgIpc) is 2.84. The molecule has 5 heteroatoms. The number of aryl methyl sites for hydroxylation is 2. The van der Waals surface area contributed by atoms with Crippen molar-refractivity contribution in [2.45, 2.75) is 39.7 Å². The number of rotatable bonds is 5. The molecule has 1 saturated heterocycles. The van der Waals surface area contributed by atoms with E-state index < -0.39 is 5.92 Å². The highest BCUT2D eigenvalue weighted by Crippen LogP contribution is 2.27. The fourth-order valence-corrected chi connectivity index (χ4v) is 2.68. The standard InChI is InChI=1S/C17H24N2O3/c1-11-4-5-14(10-12(11)2)19-8-6-15(17(19)22)16(21)18-13(3)7-9-20/h4-5,10,13,15,20H,6-9H2,1-3H3,(H,18,21). The Bertz CT molecular complexity index is 571. The van der Waals surface area contributed by atoms with Gasteiger partial charge in [0.15, 0.2) is 0 Å². The second-order valence-electron chi connectivity index (χ2n) is 6.02. The molecule has 22 heavy (non-hydrogen) atoms. The maximum atomic E-state index is 12.5. The normalized spacial score (nSPS) is 19.4. The molecule has 1 aromatic carbocycles. The molecule has 0 radical (unpaired) electrons. The largest absolute Gasteiger partial charge is 0.396 e. The van der Waals surface area contributed by atoms with E-state index in [1.807, 2.05) is 39.0 Å². The molecular weight excluding hydrogens is 280 g/mol. The molecule has 0 bridgehead atoms. The number of nitrogens with one attached hydrogen (secondary N) is 1. The number of amides is 2. The lowest BCUT2D eigenvalue weighted by Gasteiger charge is -2.19. The Morgan fingerprint density at radius 1 is 1.41 bits per heavy atom. The molecule has 1 aliphatic rings. The fraction of sp³-hybridized carbons (Fsp3) is 0.529. The zero-order valence-corrected chi connectivity index (χ0v) is 13.4. The van der Waals surface area contributed by atoms with Crippen molar-refractivity contribution >= 4 is 17.5 Å². The number of hydrogen-bond donors (Lipinski definition) is 2. The second-order valence-corrected chi connectivity index (χ2v) is 6.02. The summed E-state index contributed by atoms with van der Waals surface area (Å²) in [7, 11) is 0. The topological polar surface area (TPSA) is 69.6 Å². The number of carbonyl (C=O) groups excluding carboxylic acids is 2. The van der Waals surface area contributed by atoms with Gasteiger partial charge in [-0.15, -0.1) is 0 Å². The molecule has 1 fully saturated rings. The molecule has 0 aliphatic carbocycles. The molecule has 1 aromatic rings. The number of aliphatic hydroxyl groups excluding tert-OH is 1. The van der Waals surface area contributed by atoms with Gasteiger partial charge in [-0.05, 0) is 56.9 Å². The van der Waals surface area contributed by atoms with Crippen LogP contribution in [0.2, 0.25) is 0 Å². The zero-order chi connectivity index (χ0) is 16.3. The smallest absolute Gasteiger partial charge is 0.239 e. The maximum absolute atomic E-state index is 12.5. The summed E-state index contributed by atoms with van der Waals surface area (Å²) in [5.41, 5.74) is 3.17. The molecule has 0 saturated carbocycles. The van der Waals surface area contributed by atoms with Crippen LogP contribution in [0, 0.1) is 19.8 Å². The molecule has 0 spiro atoms. The van der Waals surface area contributed by atoms with Crippen LogP contribution in [0.25, 0.3) is 0 Å². The van der Waals surface area contributed by atoms with Crippen LogP contribution in [0.1, 0.15) is 30.9 Å². The molecule has 5 nitrogen and oxygen atoms in total. The Morgan fingerprint density at radius 3 is 2.77 bits per heavy atom. The van der Waals surface area contributed by atoms with Gasteiger partial charge in [0.1, 0.15) is 5.92 Å². The van der Waals surface area contributed by atoms with E-state index in [0.29, 0.717) is 19.4 Å². The Balaban J connectivity index is 2.06. The van der Waals surface area contributed by atoms with Crippen molar-refractivity contribution < 1.29 is 14.7 Å². The minimum Gasteiger partial charge on any atom is -0.396 e. The summed E-state index contributed by atoms with van der Waals surface area (Å²) < 4.78 is 0. The number of benzene rings is 1. The monoisotopic (exact) mass is 304 g/mol. The number of carbonyl (C=O) groups is 2. The van der Waals surface area contributed by atoms with Crippen LogP contribution in [0.3, 0.4) is 0 Å². The SMILES string of the molecule is Cc1ccc(N2CCC(C(=O)NC(C)CCO)C2=O)cc1C. The molecule has 2 N–H and O–H groups in total. The summed E-state index contributed by atoms with van der Waals surface area (Å²) in [5.74, 6) is -1.00. The molecule has 1 aliphatic heterocycles. The number of hydrogen-bond acceptors (Lipinski definition) is 3. The first-order valence-electron chi connectivity index (χ1n) is 7.74. The van der Waals surface area contributed by atoms with Crippen LogP contribution in [-0.4, -0.2) is 36.1 Å². The van der Waals surface area contributed by atoms with E-state index in [4.69, 9.17) is 5.11 Å². The predicted octanol–water partition coefficient (Wildman–Crippen LogP) is 1.54. The first-order valence-corrected chi connectivity index (χ1v) is 7.74. The van der Waals surface area contributed by atoms with E-state index in [-0.39, 0.29) is 24.5 Å². The number of anilines is 1. The lowest BCUT2D eigenvalue weighted by Crippen LogP contribution is -2.41. The summed E-state index contributed by atoms with van der Waals surface area (Å²) in [6.07, 6.45) is 1.02. The Hall–Kier alpha value is -1.88. The molecular formula is C17H24N2O3. The van der Waals surface area contributed by atoms with Gasteiger partial charge in [0.05, 0.1) is 0 Å². The minimum atomic E-state index is -0.622. The van der Waals surface area contributed by atoms with Crippen LogP contribution in [0.5, 0.6) is 0 Å². The second kappa shape index (κ2) is 6.92. The third kappa shape index (κ3) is 3.47. The van der Waals surface area contributed by atoms with Crippen LogP contribution in [0.15, 0.2) is 18.2 Å². The van der Waals surface area contributed by atoms with Gasteiger partial charge in [-0.2, -0.15) is 0 Å². The molecule has 2 rings (SSSR count). The highest BCUT2D eigenvalue weighted by molar-refractivity contribution is 6.09. The van der Waals surface area contributed by atoms with Gasteiger partial charge in [-0.25, -0.2) is 0 Å². The summed E-state index contributed by atoms with van der Waals surface area (Å²) in [5, 5.41) is 11.7. The van der Waals surface area contributed by atoms with Gasteiger partial charge in [-0.3, -0.25) is 9.59 Å². The lowest BCUT2D eigenvalue weighted by atomic mass is 10.1. The van der Waals surface area contributed by atoms with Crippen molar-refractivity contribution in [3.8, 4) is 0 Å². The molecule has 120 valence electrons. The Kier molecular flexibility index (Phi) is 5.19. The first kappa shape index (κ1) is 16.5. The number of aliphatic hydroxyl groups is 1. The van der Waals surface area contributed by atoms with Crippen LogP contribution in [0.4, 0.5) is 5.69 Å². The summed E-state index contributed by atoms with van der Waals surface area (Å²) in [6, 6.07) is 5.78. The van der Waals surface area contributed by atoms with Gasteiger partial charge in [0.2, 0.25) is 11.8 Å². The summed E-state index contributed by atoms with van der Waals surface area (Å²) in [4.78, 5) is 26.4. The van der Waals surface area contributed by atoms with Gasteiger partial charge in [-0.1, -0.05) is 6.07 Å². The van der Waals surface area contributed by atoms with Crippen LogP contribution in [-0.2, 0) is 9.59 Å². The third-order valence-electron chi connectivity index (χ3n) is 4.27. The number of nitrogens with zero attached hydrogens (tertiary/aromatic N) is 1. The van der Waals surface area contributed by atoms with Gasteiger partial charge in [0, 0.05) is 24.9 Å². The van der Waals surface area contributed by atoms with Crippen molar-refractivity contribution in [1.29, 1.82) is 0 Å². The van der Waals surface area contributed by atoms with E-state index in [2.05, 4.69) is 5.32 Å². The molecule has 2 unspecified atom stereocenters. The Labute approximate surface area is 131 Å². The van der Waals surface area contributed by atoms with E-state index in [0.717, 1.165) is 11.3 Å². The zero-order valence-electron chi connectivity index (χ0n) is 13.4. The quantitative estimate of drug-likeness (QED) is 0.811. The molecule has 1 heterocycles. The maximum Gasteiger partial charge on any atom is 0.239 e. The predicted molar refractivity (Wildman–Crippen MR) is 85.7 cm³/mol. The van der Waals surface area contributed by atoms with E-state index in [1.165, 1.54) is 5.56 Å². The van der Waals surface area contributed by atoms with Crippen molar-refractivity contribution in [3.63, 3.8) is 0 Å². The molecule has 2 atom stereocenters. The third-order valence-corrected chi connectivity index (χ3v) is 4.27. The van der Waals surface area contributed by atoms with Gasteiger partial charge in [0.25, 0.3) is 0 Å². The van der Waals surface area contributed by atoms with Crippen molar-refractivity contribution in [2.75, 3.05) is 18.1 Å². The van der Waals surface area contributed by atoms with Gasteiger partial charge >= 0.3 is 0 Å².